The minimum atomic E-state index is -0.478. The van der Waals surface area contributed by atoms with Gasteiger partial charge in [0.2, 0.25) is 11.8 Å². The second-order valence-corrected chi connectivity index (χ2v) is 8.64. The maximum Gasteiger partial charge on any atom is 0.243 e. The molecular formula is C25H30N4O4. The Morgan fingerprint density at radius 2 is 2.00 bits per heavy atom. The van der Waals surface area contributed by atoms with Gasteiger partial charge in [-0.05, 0) is 45.6 Å². The van der Waals surface area contributed by atoms with Gasteiger partial charge in [0.25, 0.3) is 0 Å². The molecule has 8 heteroatoms. The SMILES string of the molecule is CCC(C(=O)N1CCCC1C(=O)NC(C)c1ccc(-c2ocnc2C)cc1)c1cc(C)no1. The van der Waals surface area contributed by atoms with Crippen molar-refractivity contribution in [3.8, 4) is 11.3 Å². The molecule has 0 spiro atoms. The van der Waals surface area contributed by atoms with E-state index in [1.54, 1.807) is 11.0 Å². The van der Waals surface area contributed by atoms with E-state index < -0.39 is 12.0 Å². The van der Waals surface area contributed by atoms with Crippen molar-refractivity contribution >= 4 is 11.8 Å². The van der Waals surface area contributed by atoms with Crippen molar-refractivity contribution < 1.29 is 18.5 Å². The normalized spacial score (nSPS) is 17.7. The highest BCUT2D eigenvalue weighted by Crippen LogP contribution is 2.29. The summed E-state index contributed by atoms with van der Waals surface area (Å²) in [5.74, 6) is 0.661. The molecule has 33 heavy (non-hydrogen) atoms. The van der Waals surface area contributed by atoms with Gasteiger partial charge in [-0.2, -0.15) is 0 Å². The van der Waals surface area contributed by atoms with Crippen molar-refractivity contribution in [2.24, 2.45) is 0 Å². The number of aromatic nitrogens is 2. The highest BCUT2D eigenvalue weighted by molar-refractivity contribution is 5.91. The van der Waals surface area contributed by atoms with Crippen LogP contribution in [-0.4, -0.2) is 39.4 Å². The molecule has 0 bridgehead atoms. The quantitative estimate of drug-likeness (QED) is 0.576. The molecule has 174 valence electrons. The van der Waals surface area contributed by atoms with E-state index in [0.717, 1.165) is 34.7 Å². The molecule has 1 aliphatic heterocycles. The lowest BCUT2D eigenvalue weighted by Gasteiger charge is -2.28. The third-order valence-corrected chi connectivity index (χ3v) is 6.31. The van der Waals surface area contributed by atoms with E-state index in [1.807, 2.05) is 52.0 Å². The first kappa shape index (κ1) is 22.8. The Kier molecular flexibility index (Phi) is 6.62. The molecule has 2 amide bonds. The Morgan fingerprint density at radius 3 is 2.61 bits per heavy atom. The lowest BCUT2D eigenvalue weighted by Crippen LogP contribution is -2.47. The van der Waals surface area contributed by atoms with Crippen LogP contribution in [0.15, 0.2) is 45.7 Å². The molecule has 0 saturated carbocycles. The number of amides is 2. The van der Waals surface area contributed by atoms with Crippen LogP contribution in [0.1, 0.15) is 67.8 Å². The Hall–Kier alpha value is -3.42. The van der Waals surface area contributed by atoms with Gasteiger partial charge in [-0.25, -0.2) is 4.98 Å². The number of rotatable bonds is 7. The van der Waals surface area contributed by atoms with Gasteiger partial charge in [-0.3, -0.25) is 9.59 Å². The fourth-order valence-corrected chi connectivity index (χ4v) is 4.44. The highest BCUT2D eigenvalue weighted by Gasteiger charge is 2.38. The van der Waals surface area contributed by atoms with Gasteiger partial charge < -0.3 is 19.2 Å². The molecule has 4 rings (SSSR count). The van der Waals surface area contributed by atoms with E-state index >= 15 is 0 Å². The summed E-state index contributed by atoms with van der Waals surface area (Å²) in [7, 11) is 0. The average Bonchev–Trinajstić information content (AvgIpc) is 3.55. The number of nitrogens with zero attached hydrogens (tertiary/aromatic N) is 3. The Bertz CT molecular complexity index is 1120. The third kappa shape index (κ3) is 4.69. The summed E-state index contributed by atoms with van der Waals surface area (Å²) in [6.45, 7) is 8.19. The fraction of sp³-hybridized carbons (Fsp3) is 0.440. The van der Waals surface area contributed by atoms with Gasteiger partial charge in [-0.1, -0.05) is 36.3 Å². The number of aryl methyl sites for hydroxylation is 2. The average molecular weight is 451 g/mol. The molecule has 3 heterocycles. The van der Waals surface area contributed by atoms with Crippen molar-refractivity contribution in [3.05, 3.63) is 59.4 Å². The minimum absolute atomic E-state index is 0.0780. The van der Waals surface area contributed by atoms with Crippen molar-refractivity contribution in [3.63, 3.8) is 0 Å². The van der Waals surface area contributed by atoms with Gasteiger partial charge in [0.05, 0.1) is 23.3 Å². The van der Waals surface area contributed by atoms with Crippen LogP contribution in [0, 0.1) is 13.8 Å². The van der Waals surface area contributed by atoms with Crippen LogP contribution in [-0.2, 0) is 9.59 Å². The van der Waals surface area contributed by atoms with E-state index in [0.29, 0.717) is 25.1 Å². The zero-order chi connectivity index (χ0) is 23.5. The number of nitrogens with one attached hydrogen (secondary N) is 1. The summed E-state index contributed by atoms with van der Waals surface area (Å²) in [4.78, 5) is 32.2. The van der Waals surface area contributed by atoms with Gasteiger partial charge >= 0.3 is 0 Å². The maximum atomic E-state index is 13.3. The summed E-state index contributed by atoms with van der Waals surface area (Å²) in [5.41, 5.74) is 3.49. The minimum Gasteiger partial charge on any atom is -0.443 e. The first-order valence-corrected chi connectivity index (χ1v) is 11.4. The molecule has 1 saturated heterocycles. The highest BCUT2D eigenvalue weighted by atomic mass is 16.5. The summed E-state index contributed by atoms with van der Waals surface area (Å²) < 4.78 is 10.8. The molecule has 0 aliphatic carbocycles. The Labute approximate surface area is 193 Å². The molecule has 0 radical (unpaired) electrons. The van der Waals surface area contributed by atoms with Crippen molar-refractivity contribution in [1.29, 1.82) is 0 Å². The maximum absolute atomic E-state index is 13.3. The van der Waals surface area contributed by atoms with Crippen molar-refractivity contribution in [2.45, 2.75) is 65.0 Å². The lowest BCUT2D eigenvalue weighted by molar-refractivity contribution is -0.140. The number of carbonyl (C=O) groups is 2. The van der Waals surface area contributed by atoms with Gasteiger partial charge in [0, 0.05) is 18.2 Å². The Morgan fingerprint density at radius 1 is 1.24 bits per heavy atom. The molecule has 1 aromatic carbocycles. The molecule has 1 fully saturated rings. The van der Waals surface area contributed by atoms with Crippen LogP contribution < -0.4 is 5.32 Å². The number of likely N-dealkylation sites (tertiary alicyclic amines) is 1. The van der Waals surface area contributed by atoms with Crippen molar-refractivity contribution in [2.75, 3.05) is 6.54 Å². The molecule has 2 aromatic heterocycles. The first-order valence-electron chi connectivity index (χ1n) is 11.4. The topological polar surface area (TPSA) is 101 Å². The second kappa shape index (κ2) is 9.60. The zero-order valence-corrected chi connectivity index (χ0v) is 19.5. The fourth-order valence-electron chi connectivity index (χ4n) is 4.44. The summed E-state index contributed by atoms with van der Waals surface area (Å²) in [6.07, 6.45) is 3.48. The van der Waals surface area contributed by atoms with Gasteiger partial charge in [0.15, 0.2) is 12.2 Å². The number of carbonyl (C=O) groups excluding carboxylic acids is 2. The summed E-state index contributed by atoms with van der Waals surface area (Å²) in [5, 5.41) is 7.00. The van der Waals surface area contributed by atoms with Crippen LogP contribution in [0.25, 0.3) is 11.3 Å². The standard InChI is InChI=1S/C25H30N4O4/c1-5-20(22-13-15(2)28-33-22)25(31)29-12-6-7-21(29)24(30)27-16(3)18-8-10-19(11-9-18)23-17(4)26-14-32-23/h8-11,13-14,16,20-21H,5-7,12H2,1-4H3,(H,27,30). The molecule has 3 aromatic rings. The molecule has 3 atom stereocenters. The summed E-state index contributed by atoms with van der Waals surface area (Å²) >= 11 is 0. The predicted molar refractivity (Wildman–Crippen MR) is 122 cm³/mol. The van der Waals surface area contributed by atoms with E-state index in [4.69, 9.17) is 8.94 Å². The van der Waals surface area contributed by atoms with E-state index in [-0.39, 0.29) is 17.9 Å². The molecular weight excluding hydrogens is 420 g/mol. The molecule has 1 N–H and O–H groups in total. The van der Waals surface area contributed by atoms with Gasteiger partial charge in [0.1, 0.15) is 11.8 Å². The smallest absolute Gasteiger partial charge is 0.243 e. The summed E-state index contributed by atoms with van der Waals surface area (Å²) in [6, 6.07) is 8.99. The number of hydrogen-bond donors (Lipinski definition) is 1. The van der Waals surface area contributed by atoms with Crippen LogP contribution in [0.4, 0.5) is 0 Å². The Balaban J connectivity index is 1.42. The number of oxazole rings is 1. The van der Waals surface area contributed by atoms with E-state index in [1.165, 1.54) is 6.39 Å². The second-order valence-electron chi connectivity index (χ2n) is 8.64. The zero-order valence-electron chi connectivity index (χ0n) is 19.5. The van der Waals surface area contributed by atoms with Crippen LogP contribution in [0.2, 0.25) is 0 Å². The third-order valence-electron chi connectivity index (χ3n) is 6.31. The van der Waals surface area contributed by atoms with Crippen LogP contribution >= 0.6 is 0 Å². The van der Waals surface area contributed by atoms with Crippen molar-refractivity contribution in [1.82, 2.24) is 20.4 Å². The van der Waals surface area contributed by atoms with E-state index in [9.17, 15) is 9.59 Å². The molecule has 3 unspecified atom stereocenters. The molecule has 8 nitrogen and oxygen atoms in total. The lowest BCUT2D eigenvalue weighted by atomic mass is 10.0. The van der Waals surface area contributed by atoms with Crippen LogP contribution in [0.3, 0.4) is 0 Å². The van der Waals surface area contributed by atoms with Crippen LogP contribution in [0.5, 0.6) is 0 Å². The monoisotopic (exact) mass is 450 g/mol. The van der Waals surface area contributed by atoms with E-state index in [2.05, 4.69) is 15.5 Å². The largest absolute Gasteiger partial charge is 0.443 e. The number of hydrogen-bond acceptors (Lipinski definition) is 6. The van der Waals surface area contributed by atoms with Gasteiger partial charge in [-0.15, -0.1) is 0 Å². The first-order chi connectivity index (χ1) is 15.9. The predicted octanol–water partition coefficient (Wildman–Crippen LogP) is 4.31. The molecule has 1 aliphatic rings. The number of benzene rings is 1.